The number of aliphatic hydroxyl groups excluding tert-OH is 1. The maximum absolute atomic E-state index is 13.2. The first-order valence-corrected chi connectivity index (χ1v) is 8.70. The summed E-state index contributed by atoms with van der Waals surface area (Å²) in [4.78, 5) is 2.40. The zero-order chi connectivity index (χ0) is 15.5. The lowest BCUT2D eigenvalue weighted by Gasteiger charge is -2.44. The van der Waals surface area contributed by atoms with Crippen molar-refractivity contribution in [3.63, 3.8) is 0 Å². The van der Waals surface area contributed by atoms with Crippen LogP contribution in [0, 0.1) is 5.82 Å². The summed E-state index contributed by atoms with van der Waals surface area (Å²) in [6.45, 7) is 6.23. The molecule has 1 aliphatic carbocycles. The Labute approximate surface area is 135 Å². The molecule has 1 aromatic carbocycles. The third-order valence-corrected chi connectivity index (χ3v) is 5.65. The van der Waals surface area contributed by atoms with E-state index in [4.69, 9.17) is 0 Å². The maximum Gasteiger partial charge on any atom is 0.124 e. The molecule has 0 aromatic heterocycles. The van der Waals surface area contributed by atoms with Gasteiger partial charge in [0.1, 0.15) is 5.82 Å². The first-order chi connectivity index (χ1) is 10.0. The molecule has 0 bridgehead atoms. The van der Waals surface area contributed by atoms with Crippen LogP contribution in [0.25, 0.3) is 0 Å². The van der Waals surface area contributed by atoms with E-state index >= 15 is 0 Å². The average molecular weight is 358 g/mol. The fourth-order valence-electron chi connectivity index (χ4n) is 3.79. The van der Waals surface area contributed by atoms with Gasteiger partial charge in [-0.25, -0.2) is 4.39 Å². The Morgan fingerprint density at radius 2 is 1.90 bits per heavy atom. The van der Waals surface area contributed by atoms with Crippen molar-refractivity contribution in [3.8, 4) is 0 Å². The molecule has 0 spiro atoms. The Kier molecular flexibility index (Phi) is 5.81. The van der Waals surface area contributed by atoms with Crippen LogP contribution in [-0.2, 0) is 6.42 Å². The predicted molar refractivity (Wildman–Crippen MR) is 87.9 cm³/mol. The molecule has 1 saturated carbocycles. The summed E-state index contributed by atoms with van der Waals surface area (Å²) in [5, 5.41) is 10.9. The molecule has 4 heteroatoms. The summed E-state index contributed by atoms with van der Waals surface area (Å²) < 4.78 is 13.9. The molecule has 0 amide bonds. The monoisotopic (exact) mass is 357 g/mol. The van der Waals surface area contributed by atoms with Gasteiger partial charge in [-0.3, -0.25) is 4.90 Å². The molecule has 1 aliphatic rings. The maximum atomic E-state index is 13.2. The molecule has 21 heavy (non-hydrogen) atoms. The summed E-state index contributed by atoms with van der Waals surface area (Å²) >= 11 is 3.41. The third-order valence-electron chi connectivity index (χ3n) is 4.91. The number of rotatable bonds is 6. The molecule has 1 N–H and O–H groups in total. The fraction of sp³-hybridized carbons (Fsp3) is 0.647. The SMILES string of the molecule is CCN(CC)C1(C(O)Cc2ccc(F)cc2Br)CCCC1. The smallest absolute Gasteiger partial charge is 0.124 e. The molecule has 0 heterocycles. The van der Waals surface area contributed by atoms with Gasteiger partial charge in [-0.1, -0.05) is 48.7 Å². The second-order valence-electron chi connectivity index (χ2n) is 5.94. The van der Waals surface area contributed by atoms with Crippen molar-refractivity contribution < 1.29 is 9.50 Å². The lowest BCUT2D eigenvalue weighted by atomic mass is 9.84. The highest BCUT2D eigenvalue weighted by atomic mass is 79.9. The largest absolute Gasteiger partial charge is 0.391 e. The number of halogens is 2. The van der Waals surface area contributed by atoms with Crippen molar-refractivity contribution in [1.29, 1.82) is 0 Å². The van der Waals surface area contributed by atoms with Crippen molar-refractivity contribution in [2.45, 2.75) is 57.6 Å². The minimum absolute atomic E-state index is 0.114. The normalized spacial score (nSPS) is 19.1. The first-order valence-electron chi connectivity index (χ1n) is 7.90. The van der Waals surface area contributed by atoms with Crippen molar-refractivity contribution >= 4 is 15.9 Å². The molecule has 0 saturated heterocycles. The lowest BCUT2D eigenvalue weighted by molar-refractivity contribution is -0.0245. The summed E-state index contributed by atoms with van der Waals surface area (Å²) in [7, 11) is 0. The molecule has 0 aliphatic heterocycles. The van der Waals surface area contributed by atoms with Gasteiger partial charge in [0.15, 0.2) is 0 Å². The summed E-state index contributed by atoms with van der Waals surface area (Å²) in [5.41, 5.74) is 0.861. The minimum Gasteiger partial charge on any atom is -0.391 e. The third kappa shape index (κ3) is 3.49. The van der Waals surface area contributed by atoms with E-state index in [-0.39, 0.29) is 11.4 Å². The topological polar surface area (TPSA) is 23.5 Å². The number of hydrogen-bond donors (Lipinski definition) is 1. The van der Waals surface area contributed by atoms with E-state index < -0.39 is 6.10 Å². The van der Waals surface area contributed by atoms with Crippen molar-refractivity contribution in [2.75, 3.05) is 13.1 Å². The number of aliphatic hydroxyl groups is 1. The Morgan fingerprint density at radius 1 is 1.29 bits per heavy atom. The van der Waals surface area contributed by atoms with Crippen LogP contribution in [0.1, 0.15) is 45.1 Å². The molecular formula is C17H25BrFNO. The Hall–Kier alpha value is -0.450. The molecule has 118 valence electrons. The van der Waals surface area contributed by atoms with Gasteiger partial charge in [-0.2, -0.15) is 0 Å². The van der Waals surface area contributed by atoms with E-state index in [9.17, 15) is 9.50 Å². The van der Waals surface area contributed by atoms with Crippen LogP contribution in [0.5, 0.6) is 0 Å². The molecule has 2 nitrogen and oxygen atoms in total. The molecule has 0 radical (unpaired) electrons. The standard InChI is InChI=1S/C17H25BrFNO/c1-3-20(4-2)17(9-5-6-10-17)16(21)11-13-7-8-14(19)12-15(13)18/h7-8,12,16,21H,3-6,9-11H2,1-2H3. The number of hydrogen-bond acceptors (Lipinski definition) is 2. The van der Waals surface area contributed by atoms with E-state index in [1.807, 2.05) is 0 Å². The second-order valence-corrected chi connectivity index (χ2v) is 6.79. The van der Waals surface area contributed by atoms with Gasteiger partial charge in [0.25, 0.3) is 0 Å². The van der Waals surface area contributed by atoms with Gasteiger partial charge in [-0.15, -0.1) is 0 Å². The highest BCUT2D eigenvalue weighted by Crippen LogP contribution is 2.39. The summed E-state index contributed by atoms with van der Waals surface area (Å²) in [5.74, 6) is -0.251. The summed E-state index contributed by atoms with van der Waals surface area (Å²) in [6, 6.07) is 4.71. The van der Waals surface area contributed by atoms with Gasteiger partial charge >= 0.3 is 0 Å². The molecule has 1 fully saturated rings. The Balaban J connectivity index is 2.21. The van der Waals surface area contributed by atoms with Crippen LogP contribution >= 0.6 is 15.9 Å². The van der Waals surface area contributed by atoms with Crippen LogP contribution in [0.4, 0.5) is 4.39 Å². The molecule has 1 unspecified atom stereocenters. The molecule has 2 rings (SSSR count). The number of nitrogens with zero attached hydrogens (tertiary/aromatic N) is 1. The average Bonchev–Trinajstić information content (AvgIpc) is 2.94. The van der Waals surface area contributed by atoms with Crippen molar-refractivity contribution in [1.82, 2.24) is 4.90 Å². The zero-order valence-electron chi connectivity index (χ0n) is 12.9. The molecular weight excluding hydrogens is 333 g/mol. The Bertz CT molecular complexity index is 470. The van der Waals surface area contributed by atoms with Crippen LogP contribution in [0.3, 0.4) is 0 Å². The van der Waals surface area contributed by atoms with Gasteiger partial charge < -0.3 is 5.11 Å². The van der Waals surface area contributed by atoms with Crippen LogP contribution in [0.2, 0.25) is 0 Å². The lowest BCUT2D eigenvalue weighted by Crippen LogP contribution is -2.55. The second kappa shape index (κ2) is 7.21. The van der Waals surface area contributed by atoms with Crippen molar-refractivity contribution in [2.24, 2.45) is 0 Å². The van der Waals surface area contributed by atoms with Crippen LogP contribution in [0.15, 0.2) is 22.7 Å². The van der Waals surface area contributed by atoms with Crippen LogP contribution < -0.4 is 0 Å². The van der Waals surface area contributed by atoms with E-state index in [1.54, 1.807) is 6.07 Å². The highest BCUT2D eigenvalue weighted by molar-refractivity contribution is 9.10. The van der Waals surface area contributed by atoms with Gasteiger partial charge in [-0.05, 0) is 43.6 Å². The van der Waals surface area contributed by atoms with E-state index in [0.29, 0.717) is 6.42 Å². The van der Waals surface area contributed by atoms with Crippen LogP contribution in [-0.4, -0.2) is 34.7 Å². The number of benzene rings is 1. The van der Waals surface area contributed by atoms with Gasteiger partial charge in [0.2, 0.25) is 0 Å². The zero-order valence-corrected chi connectivity index (χ0v) is 14.5. The fourth-order valence-corrected chi connectivity index (χ4v) is 4.30. The van der Waals surface area contributed by atoms with Gasteiger partial charge in [0.05, 0.1) is 6.10 Å². The quantitative estimate of drug-likeness (QED) is 0.826. The summed E-state index contributed by atoms with van der Waals surface area (Å²) in [6.07, 6.45) is 4.61. The van der Waals surface area contributed by atoms with Gasteiger partial charge in [0, 0.05) is 16.4 Å². The number of likely N-dealkylation sites (N-methyl/N-ethyl adjacent to an activating group) is 1. The Morgan fingerprint density at radius 3 is 2.43 bits per heavy atom. The molecule has 1 aromatic rings. The van der Waals surface area contributed by atoms with E-state index in [1.165, 1.54) is 25.0 Å². The van der Waals surface area contributed by atoms with E-state index in [2.05, 4.69) is 34.7 Å². The minimum atomic E-state index is -0.415. The molecule has 1 atom stereocenters. The van der Waals surface area contributed by atoms with Crippen molar-refractivity contribution in [3.05, 3.63) is 34.1 Å². The van der Waals surface area contributed by atoms with E-state index in [0.717, 1.165) is 36.0 Å². The highest BCUT2D eigenvalue weighted by Gasteiger charge is 2.44. The first kappa shape index (κ1) is 16.9. The predicted octanol–water partition coefficient (Wildman–Crippen LogP) is 4.15.